The average Bonchev–Trinajstić information content (AvgIpc) is 2.23. The molecule has 2 rings (SSSR count). The molecule has 0 spiro atoms. The van der Waals surface area contributed by atoms with Crippen LogP contribution in [0.1, 0.15) is 25.8 Å². The Kier molecular flexibility index (Phi) is 3.42. The van der Waals surface area contributed by atoms with Crippen molar-refractivity contribution < 1.29 is 0 Å². The van der Waals surface area contributed by atoms with Crippen molar-refractivity contribution in [3.8, 4) is 0 Å². The van der Waals surface area contributed by atoms with Crippen LogP contribution in [0.15, 0.2) is 30.3 Å². The Balaban J connectivity index is 1.85. The molecule has 1 aliphatic heterocycles. The minimum Gasteiger partial charge on any atom is -0.299 e. The van der Waals surface area contributed by atoms with Crippen LogP contribution in [-0.2, 0) is 6.42 Å². The third kappa shape index (κ3) is 2.82. The molecule has 0 amide bonds. The Morgan fingerprint density at radius 3 is 2.53 bits per heavy atom. The fourth-order valence-corrected chi connectivity index (χ4v) is 2.23. The lowest BCUT2D eigenvalue weighted by atomic mass is 9.94. The molecule has 1 radical (unpaired) electrons. The van der Waals surface area contributed by atoms with E-state index in [1.54, 1.807) is 0 Å². The highest BCUT2D eigenvalue weighted by Crippen LogP contribution is 2.22. The molecule has 1 aliphatic rings. The molecule has 81 valence electrons. The van der Waals surface area contributed by atoms with Crippen LogP contribution in [0, 0.1) is 5.92 Å². The van der Waals surface area contributed by atoms with E-state index in [9.17, 15) is 0 Å². The van der Waals surface area contributed by atoms with Crippen LogP contribution < -0.4 is 0 Å². The van der Waals surface area contributed by atoms with E-state index in [-0.39, 0.29) is 0 Å². The molecule has 1 atom stereocenters. The van der Waals surface area contributed by atoms with Crippen molar-refractivity contribution in [2.75, 3.05) is 13.1 Å². The van der Waals surface area contributed by atoms with Crippen molar-refractivity contribution in [1.82, 2.24) is 4.90 Å². The summed E-state index contributed by atoms with van der Waals surface area (Å²) in [6.07, 6.45) is 2.58. The Hall–Kier alpha value is -0.820. The third-order valence-electron chi connectivity index (χ3n) is 3.10. The highest BCUT2D eigenvalue weighted by Gasteiger charge is 2.27. The quantitative estimate of drug-likeness (QED) is 0.725. The van der Waals surface area contributed by atoms with E-state index < -0.39 is 0 Å². The number of likely N-dealkylation sites (tertiary alicyclic amines) is 1. The van der Waals surface area contributed by atoms with Crippen LogP contribution in [0.25, 0.3) is 0 Å². The van der Waals surface area contributed by atoms with Gasteiger partial charge in [-0.3, -0.25) is 4.90 Å². The summed E-state index contributed by atoms with van der Waals surface area (Å²) in [6.45, 7) is 6.90. The van der Waals surface area contributed by atoms with Crippen molar-refractivity contribution in [2.45, 2.75) is 32.7 Å². The molecule has 1 saturated heterocycles. The van der Waals surface area contributed by atoms with Gasteiger partial charge in [-0.1, -0.05) is 44.2 Å². The molecule has 0 unspecified atom stereocenters. The lowest BCUT2D eigenvalue weighted by Crippen LogP contribution is -2.49. The molecule has 1 fully saturated rings. The smallest absolute Gasteiger partial charge is 0.0148 e. The molecular formula is C14H20N. The monoisotopic (exact) mass is 202 g/mol. The van der Waals surface area contributed by atoms with Gasteiger partial charge in [0.15, 0.2) is 0 Å². The van der Waals surface area contributed by atoms with Gasteiger partial charge in [0.05, 0.1) is 0 Å². The molecule has 0 aromatic heterocycles. The predicted octanol–water partition coefficient (Wildman–Crippen LogP) is 2.92. The lowest BCUT2D eigenvalue weighted by Gasteiger charge is -2.42. The SMILES string of the molecule is C[C](C)CN1CC[C@@H]1Cc1ccccc1. The summed E-state index contributed by atoms with van der Waals surface area (Å²) in [7, 11) is 0. The number of hydrogen-bond acceptors (Lipinski definition) is 1. The highest BCUT2D eigenvalue weighted by atomic mass is 15.2. The van der Waals surface area contributed by atoms with Gasteiger partial charge in [0.25, 0.3) is 0 Å². The zero-order chi connectivity index (χ0) is 10.7. The van der Waals surface area contributed by atoms with Crippen molar-refractivity contribution in [1.29, 1.82) is 0 Å². The van der Waals surface area contributed by atoms with Gasteiger partial charge in [-0.25, -0.2) is 0 Å². The summed E-state index contributed by atoms with van der Waals surface area (Å²) in [5.74, 6) is 1.52. The topological polar surface area (TPSA) is 3.24 Å². The molecule has 1 aromatic rings. The van der Waals surface area contributed by atoms with E-state index in [0.717, 1.165) is 6.04 Å². The molecule has 0 aliphatic carbocycles. The third-order valence-corrected chi connectivity index (χ3v) is 3.10. The van der Waals surface area contributed by atoms with Crippen molar-refractivity contribution >= 4 is 0 Å². The van der Waals surface area contributed by atoms with Crippen LogP contribution in [0.5, 0.6) is 0 Å². The molecule has 0 bridgehead atoms. The first kappa shape index (κ1) is 10.7. The number of benzene rings is 1. The fourth-order valence-electron chi connectivity index (χ4n) is 2.23. The largest absolute Gasteiger partial charge is 0.299 e. The van der Waals surface area contributed by atoms with Gasteiger partial charge in [0, 0.05) is 12.6 Å². The maximum Gasteiger partial charge on any atom is 0.0148 e. The number of rotatable bonds is 4. The normalized spacial score (nSPS) is 21.7. The van der Waals surface area contributed by atoms with E-state index in [0.29, 0.717) is 0 Å². The van der Waals surface area contributed by atoms with Gasteiger partial charge in [0.2, 0.25) is 0 Å². The maximum absolute atomic E-state index is 2.59. The van der Waals surface area contributed by atoms with Gasteiger partial charge in [-0.2, -0.15) is 0 Å². The van der Waals surface area contributed by atoms with Crippen LogP contribution in [0.4, 0.5) is 0 Å². The van der Waals surface area contributed by atoms with E-state index in [1.807, 2.05) is 0 Å². The zero-order valence-electron chi connectivity index (χ0n) is 9.74. The number of nitrogens with zero attached hydrogens (tertiary/aromatic N) is 1. The molecule has 1 heteroatoms. The van der Waals surface area contributed by atoms with Crippen molar-refractivity contribution in [3.05, 3.63) is 41.8 Å². The molecule has 1 nitrogen and oxygen atoms in total. The van der Waals surface area contributed by atoms with E-state index in [1.165, 1.54) is 37.4 Å². The maximum atomic E-state index is 2.59. The summed E-state index contributed by atoms with van der Waals surface area (Å²) >= 11 is 0. The summed E-state index contributed by atoms with van der Waals surface area (Å²) in [5.41, 5.74) is 1.47. The molecule has 0 saturated carbocycles. The Bertz CT molecular complexity index is 291. The Labute approximate surface area is 93.1 Å². The van der Waals surface area contributed by atoms with Crippen LogP contribution in [0.2, 0.25) is 0 Å². The lowest BCUT2D eigenvalue weighted by molar-refractivity contribution is 0.0969. The second-order valence-electron chi connectivity index (χ2n) is 4.81. The second kappa shape index (κ2) is 4.80. The zero-order valence-corrected chi connectivity index (χ0v) is 9.74. The van der Waals surface area contributed by atoms with Crippen LogP contribution in [-0.4, -0.2) is 24.0 Å². The molecule has 1 aromatic carbocycles. The first-order valence-corrected chi connectivity index (χ1v) is 5.82. The Morgan fingerprint density at radius 1 is 1.27 bits per heavy atom. The Morgan fingerprint density at radius 2 is 2.00 bits per heavy atom. The molecule has 1 heterocycles. The molecular weight excluding hydrogens is 182 g/mol. The van der Waals surface area contributed by atoms with E-state index in [2.05, 4.69) is 49.1 Å². The molecule has 15 heavy (non-hydrogen) atoms. The van der Waals surface area contributed by atoms with Gasteiger partial charge in [0.1, 0.15) is 0 Å². The first-order chi connectivity index (χ1) is 7.25. The molecule has 0 N–H and O–H groups in total. The van der Waals surface area contributed by atoms with Gasteiger partial charge < -0.3 is 0 Å². The predicted molar refractivity (Wildman–Crippen MR) is 64.7 cm³/mol. The van der Waals surface area contributed by atoms with Gasteiger partial charge in [-0.05, 0) is 30.9 Å². The standard InChI is InChI=1S/C14H20N/c1-12(2)11-15-9-8-14(15)10-13-6-4-3-5-7-13/h3-7,14H,8-11H2,1-2H3/t14-/m1/s1. The minimum atomic E-state index is 0.780. The summed E-state index contributed by atoms with van der Waals surface area (Å²) in [4.78, 5) is 2.59. The fraction of sp³-hybridized carbons (Fsp3) is 0.500. The van der Waals surface area contributed by atoms with Crippen molar-refractivity contribution in [2.24, 2.45) is 0 Å². The average molecular weight is 202 g/mol. The van der Waals surface area contributed by atoms with Crippen LogP contribution in [0.3, 0.4) is 0 Å². The van der Waals surface area contributed by atoms with E-state index in [4.69, 9.17) is 0 Å². The highest BCUT2D eigenvalue weighted by molar-refractivity contribution is 5.16. The summed E-state index contributed by atoms with van der Waals surface area (Å²) in [5, 5.41) is 0. The first-order valence-electron chi connectivity index (χ1n) is 5.82. The van der Waals surface area contributed by atoms with Gasteiger partial charge >= 0.3 is 0 Å². The van der Waals surface area contributed by atoms with Crippen molar-refractivity contribution in [3.63, 3.8) is 0 Å². The summed E-state index contributed by atoms with van der Waals surface area (Å²) < 4.78 is 0. The van der Waals surface area contributed by atoms with Crippen LogP contribution >= 0.6 is 0 Å². The number of hydrogen-bond donors (Lipinski definition) is 0. The second-order valence-corrected chi connectivity index (χ2v) is 4.81. The summed E-state index contributed by atoms with van der Waals surface area (Å²) in [6, 6.07) is 11.6. The van der Waals surface area contributed by atoms with E-state index >= 15 is 0 Å². The van der Waals surface area contributed by atoms with Gasteiger partial charge in [-0.15, -0.1) is 0 Å². The minimum absolute atomic E-state index is 0.780.